The van der Waals surface area contributed by atoms with Crippen molar-refractivity contribution in [2.24, 2.45) is 0 Å². The third kappa shape index (κ3) is 2.67. The fraction of sp³-hybridized carbons (Fsp3) is 0.222. The van der Waals surface area contributed by atoms with Gasteiger partial charge in [0, 0.05) is 29.2 Å². The Labute approximate surface area is 140 Å². The number of nitrogens with zero attached hydrogens (tertiary/aromatic N) is 5. The van der Waals surface area contributed by atoms with Crippen LogP contribution in [-0.2, 0) is 0 Å². The summed E-state index contributed by atoms with van der Waals surface area (Å²) >= 11 is 0. The van der Waals surface area contributed by atoms with Crippen LogP contribution < -0.4 is 10.6 Å². The summed E-state index contributed by atoms with van der Waals surface area (Å²) in [6, 6.07) is 13.7. The molecule has 2 aromatic heterocycles. The van der Waals surface area contributed by atoms with Gasteiger partial charge in [-0.2, -0.15) is 15.0 Å². The Bertz CT molecular complexity index is 846. The van der Waals surface area contributed by atoms with E-state index in [0.29, 0.717) is 11.8 Å². The molecule has 24 heavy (non-hydrogen) atoms. The topological polar surface area (TPSA) is 80.8 Å². The van der Waals surface area contributed by atoms with E-state index in [1.54, 1.807) is 12.4 Å². The van der Waals surface area contributed by atoms with Gasteiger partial charge in [-0.15, -0.1) is 0 Å². The summed E-state index contributed by atoms with van der Waals surface area (Å²) in [5, 5.41) is 0. The molecule has 0 bridgehead atoms. The quantitative estimate of drug-likeness (QED) is 0.795. The third-order valence-electron chi connectivity index (χ3n) is 4.31. The van der Waals surface area contributed by atoms with Crippen LogP contribution in [0.1, 0.15) is 19.8 Å². The number of hydrogen-bond acceptors (Lipinski definition) is 6. The van der Waals surface area contributed by atoms with Gasteiger partial charge in [-0.1, -0.05) is 30.3 Å². The van der Waals surface area contributed by atoms with Gasteiger partial charge < -0.3 is 10.6 Å². The largest absolute Gasteiger partial charge is 0.368 e. The van der Waals surface area contributed by atoms with Crippen LogP contribution in [0.15, 0.2) is 54.9 Å². The van der Waals surface area contributed by atoms with E-state index in [1.807, 2.05) is 42.5 Å². The van der Waals surface area contributed by atoms with Crippen molar-refractivity contribution in [3.63, 3.8) is 0 Å². The van der Waals surface area contributed by atoms with E-state index in [4.69, 9.17) is 10.7 Å². The van der Waals surface area contributed by atoms with Crippen LogP contribution in [0.2, 0.25) is 0 Å². The molecule has 0 atom stereocenters. The summed E-state index contributed by atoms with van der Waals surface area (Å²) in [4.78, 5) is 19.6. The molecule has 4 rings (SSSR count). The Morgan fingerprint density at radius 2 is 1.67 bits per heavy atom. The van der Waals surface area contributed by atoms with Gasteiger partial charge in [0.15, 0.2) is 5.82 Å². The van der Waals surface area contributed by atoms with Crippen molar-refractivity contribution in [3.8, 4) is 11.4 Å². The van der Waals surface area contributed by atoms with E-state index in [0.717, 1.165) is 24.1 Å². The highest BCUT2D eigenvalue weighted by Gasteiger charge is 2.45. The van der Waals surface area contributed by atoms with Crippen molar-refractivity contribution in [2.45, 2.75) is 25.3 Å². The molecule has 0 amide bonds. The van der Waals surface area contributed by atoms with Gasteiger partial charge in [-0.05, 0) is 31.9 Å². The van der Waals surface area contributed by atoms with Gasteiger partial charge in [0.05, 0.1) is 0 Å². The maximum atomic E-state index is 5.98. The zero-order valence-corrected chi connectivity index (χ0v) is 13.4. The average Bonchev–Trinajstić information content (AvgIpc) is 3.34. The number of nitrogens with two attached hydrogens (primary N) is 1. The monoisotopic (exact) mass is 318 g/mol. The highest BCUT2D eigenvalue weighted by atomic mass is 15.3. The standard InChI is InChI=1S/C18H18N6/c1-18(9-10-18)24(14-7-11-20-12-8-14)17-22-15(21-16(19)23-17)13-5-3-2-4-6-13/h2-8,11-12H,9-10H2,1H3,(H2,19,21,22,23). The number of aromatic nitrogens is 4. The summed E-state index contributed by atoms with van der Waals surface area (Å²) in [5.41, 5.74) is 7.91. The lowest BCUT2D eigenvalue weighted by molar-refractivity contribution is 0.701. The lowest BCUT2D eigenvalue weighted by Crippen LogP contribution is -2.32. The Balaban J connectivity index is 1.83. The maximum absolute atomic E-state index is 5.98. The fourth-order valence-corrected chi connectivity index (χ4v) is 2.76. The Morgan fingerprint density at radius 1 is 0.958 bits per heavy atom. The molecule has 2 heterocycles. The smallest absolute Gasteiger partial charge is 0.235 e. The average molecular weight is 318 g/mol. The van der Waals surface area contributed by atoms with Crippen LogP contribution in [0, 0.1) is 0 Å². The van der Waals surface area contributed by atoms with Crippen LogP contribution in [0.5, 0.6) is 0 Å². The molecule has 1 fully saturated rings. The summed E-state index contributed by atoms with van der Waals surface area (Å²) in [7, 11) is 0. The molecule has 0 radical (unpaired) electrons. The normalized spacial score (nSPS) is 15.0. The first-order valence-corrected chi connectivity index (χ1v) is 7.93. The lowest BCUT2D eigenvalue weighted by Gasteiger charge is -2.29. The summed E-state index contributed by atoms with van der Waals surface area (Å²) in [6.45, 7) is 2.20. The second-order valence-electron chi connectivity index (χ2n) is 6.22. The summed E-state index contributed by atoms with van der Waals surface area (Å²) in [5.74, 6) is 1.39. The summed E-state index contributed by atoms with van der Waals surface area (Å²) in [6.07, 6.45) is 5.72. The van der Waals surface area contributed by atoms with Crippen LogP contribution in [0.4, 0.5) is 17.6 Å². The molecule has 0 aliphatic heterocycles. The molecule has 6 nitrogen and oxygen atoms in total. The number of anilines is 3. The molecule has 1 aromatic carbocycles. The van der Waals surface area contributed by atoms with Crippen molar-refractivity contribution in [1.29, 1.82) is 0 Å². The predicted octanol–water partition coefficient (Wildman–Crippen LogP) is 3.21. The van der Waals surface area contributed by atoms with Crippen molar-refractivity contribution < 1.29 is 0 Å². The van der Waals surface area contributed by atoms with Crippen LogP contribution in [0.25, 0.3) is 11.4 Å². The lowest BCUT2D eigenvalue weighted by atomic mass is 10.2. The molecule has 6 heteroatoms. The van der Waals surface area contributed by atoms with E-state index in [9.17, 15) is 0 Å². The van der Waals surface area contributed by atoms with Gasteiger partial charge in [-0.3, -0.25) is 4.98 Å². The Kier molecular flexibility index (Phi) is 3.37. The molecule has 1 aliphatic rings. The first-order valence-electron chi connectivity index (χ1n) is 7.93. The number of pyridine rings is 1. The van der Waals surface area contributed by atoms with Crippen LogP contribution >= 0.6 is 0 Å². The highest BCUT2D eigenvalue weighted by molar-refractivity contribution is 5.64. The SMILES string of the molecule is CC1(N(c2ccncc2)c2nc(N)nc(-c3ccccc3)n2)CC1. The highest BCUT2D eigenvalue weighted by Crippen LogP contribution is 2.47. The van der Waals surface area contributed by atoms with Crippen molar-refractivity contribution in [3.05, 3.63) is 54.9 Å². The van der Waals surface area contributed by atoms with Gasteiger partial charge in [0.25, 0.3) is 0 Å². The molecule has 0 unspecified atom stereocenters. The van der Waals surface area contributed by atoms with E-state index in [1.165, 1.54) is 0 Å². The van der Waals surface area contributed by atoms with Crippen molar-refractivity contribution >= 4 is 17.6 Å². The first-order chi connectivity index (χ1) is 11.7. The number of rotatable bonds is 4. The minimum absolute atomic E-state index is 0.00308. The zero-order valence-electron chi connectivity index (χ0n) is 13.4. The summed E-state index contributed by atoms with van der Waals surface area (Å²) < 4.78 is 0. The van der Waals surface area contributed by atoms with Crippen molar-refractivity contribution in [2.75, 3.05) is 10.6 Å². The molecule has 3 aromatic rings. The first kappa shape index (κ1) is 14.6. The van der Waals surface area contributed by atoms with E-state index in [-0.39, 0.29) is 11.5 Å². The second-order valence-corrected chi connectivity index (χ2v) is 6.22. The van der Waals surface area contributed by atoms with E-state index >= 15 is 0 Å². The molecule has 2 N–H and O–H groups in total. The molecule has 1 aliphatic carbocycles. The van der Waals surface area contributed by atoms with Crippen LogP contribution in [-0.4, -0.2) is 25.5 Å². The van der Waals surface area contributed by atoms with Gasteiger partial charge >= 0.3 is 0 Å². The third-order valence-corrected chi connectivity index (χ3v) is 4.31. The molecule has 0 spiro atoms. The molecule has 0 saturated heterocycles. The van der Waals surface area contributed by atoms with Crippen LogP contribution in [0.3, 0.4) is 0 Å². The molecular formula is C18H18N6. The van der Waals surface area contributed by atoms with E-state index < -0.39 is 0 Å². The number of nitrogen functional groups attached to an aromatic ring is 1. The molecular weight excluding hydrogens is 300 g/mol. The minimum atomic E-state index is 0.00308. The Morgan fingerprint density at radius 3 is 2.33 bits per heavy atom. The second kappa shape index (κ2) is 5.56. The van der Waals surface area contributed by atoms with Gasteiger partial charge in [0.1, 0.15) is 0 Å². The fourth-order valence-electron chi connectivity index (χ4n) is 2.76. The molecule has 120 valence electrons. The molecule has 1 saturated carbocycles. The number of benzene rings is 1. The maximum Gasteiger partial charge on any atom is 0.235 e. The predicted molar refractivity (Wildman–Crippen MR) is 93.7 cm³/mol. The van der Waals surface area contributed by atoms with Gasteiger partial charge in [-0.25, -0.2) is 0 Å². The zero-order chi connectivity index (χ0) is 16.6. The Hall–Kier alpha value is -3.02. The van der Waals surface area contributed by atoms with Gasteiger partial charge in [0.2, 0.25) is 11.9 Å². The number of hydrogen-bond donors (Lipinski definition) is 1. The van der Waals surface area contributed by atoms with Crippen molar-refractivity contribution in [1.82, 2.24) is 19.9 Å². The van der Waals surface area contributed by atoms with E-state index in [2.05, 4.69) is 26.8 Å². The minimum Gasteiger partial charge on any atom is -0.368 e.